The highest BCUT2D eigenvalue weighted by Crippen LogP contribution is 2.16. The van der Waals surface area contributed by atoms with Gasteiger partial charge in [0.25, 0.3) is 0 Å². The van der Waals surface area contributed by atoms with Crippen LogP contribution in [-0.4, -0.2) is 23.2 Å². The van der Waals surface area contributed by atoms with Crippen molar-refractivity contribution in [1.29, 1.82) is 0 Å². The Morgan fingerprint density at radius 2 is 2.46 bits per heavy atom. The van der Waals surface area contributed by atoms with E-state index in [1.54, 1.807) is 12.3 Å². The first-order valence-corrected chi connectivity index (χ1v) is 3.63. The molecule has 0 aliphatic heterocycles. The lowest BCUT2D eigenvalue weighted by Gasteiger charge is -2.01. The zero-order chi connectivity index (χ0) is 9.68. The van der Waals surface area contributed by atoms with Crippen LogP contribution in [-0.2, 0) is 4.79 Å². The molecule has 13 heavy (non-hydrogen) atoms. The minimum atomic E-state index is -0.995. The number of ether oxygens (including phenoxy) is 1. The van der Waals surface area contributed by atoms with Crippen LogP contribution in [0.3, 0.4) is 0 Å². The second-order valence-corrected chi connectivity index (χ2v) is 2.29. The maximum Gasteiger partial charge on any atom is 0.328 e. The van der Waals surface area contributed by atoms with Gasteiger partial charge in [0.2, 0.25) is 0 Å². The molecule has 68 valence electrons. The van der Waals surface area contributed by atoms with Crippen molar-refractivity contribution in [2.24, 2.45) is 0 Å². The number of methoxy groups -OCH3 is 1. The van der Waals surface area contributed by atoms with Crippen molar-refractivity contribution in [2.75, 3.05) is 7.11 Å². The topological polar surface area (TPSA) is 59.4 Å². The third-order valence-corrected chi connectivity index (χ3v) is 1.44. The Kier molecular flexibility index (Phi) is 3.03. The van der Waals surface area contributed by atoms with Crippen molar-refractivity contribution in [1.82, 2.24) is 4.98 Å². The number of aliphatic carboxylic acids is 1. The molecule has 0 aromatic carbocycles. The van der Waals surface area contributed by atoms with Gasteiger partial charge in [0.05, 0.1) is 7.11 Å². The van der Waals surface area contributed by atoms with Crippen molar-refractivity contribution in [2.45, 2.75) is 0 Å². The summed E-state index contributed by atoms with van der Waals surface area (Å²) in [6, 6.07) is 1.67. The fraction of sp³-hybridized carbons (Fsp3) is 0.111. The first-order valence-electron chi connectivity index (χ1n) is 3.63. The van der Waals surface area contributed by atoms with Gasteiger partial charge in [0, 0.05) is 24.0 Å². The molecule has 1 aromatic rings. The maximum atomic E-state index is 10.2. The number of hydrogen-bond donors (Lipinski definition) is 1. The van der Waals surface area contributed by atoms with Crippen LogP contribution in [0.1, 0.15) is 5.56 Å². The summed E-state index contributed by atoms with van der Waals surface area (Å²) >= 11 is 0. The van der Waals surface area contributed by atoms with Crippen LogP contribution in [0.2, 0.25) is 0 Å². The fourth-order valence-corrected chi connectivity index (χ4v) is 0.866. The first-order chi connectivity index (χ1) is 6.24. The number of pyridine rings is 1. The van der Waals surface area contributed by atoms with Gasteiger partial charge >= 0.3 is 5.97 Å². The van der Waals surface area contributed by atoms with E-state index < -0.39 is 5.97 Å². The Morgan fingerprint density at radius 1 is 1.69 bits per heavy atom. The number of carboxylic acid groups (broad SMARTS) is 1. The molecule has 1 aromatic heterocycles. The lowest BCUT2D eigenvalue weighted by molar-refractivity contribution is -0.131. The van der Waals surface area contributed by atoms with E-state index in [4.69, 9.17) is 9.84 Å². The largest absolute Gasteiger partial charge is 0.496 e. The van der Waals surface area contributed by atoms with E-state index in [1.807, 2.05) is 0 Å². The summed E-state index contributed by atoms with van der Waals surface area (Å²) in [5.74, 6) is -0.390. The van der Waals surface area contributed by atoms with Crippen LogP contribution in [0, 0.1) is 0 Å². The van der Waals surface area contributed by atoms with Crippen molar-refractivity contribution in [3.8, 4) is 5.75 Å². The van der Waals surface area contributed by atoms with Gasteiger partial charge in [-0.25, -0.2) is 4.79 Å². The van der Waals surface area contributed by atoms with E-state index in [2.05, 4.69) is 4.98 Å². The molecule has 0 atom stereocenters. The van der Waals surface area contributed by atoms with Crippen LogP contribution in [0.4, 0.5) is 0 Å². The van der Waals surface area contributed by atoms with E-state index in [1.165, 1.54) is 19.4 Å². The second-order valence-electron chi connectivity index (χ2n) is 2.29. The number of hydrogen-bond acceptors (Lipinski definition) is 3. The Hall–Kier alpha value is -1.84. The summed E-state index contributed by atoms with van der Waals surface area (Å²) in [5.41, 5.74) is 0.646. The van der Waals surface area contributed by atoms with Gasteiger partial charge in [-0.15, -0.1) is 0 Å². The third kappa shape index (κ3) is 2.59. The van der Waals surface area contributed by atoms with Crippen molar-refractivity contribution >= 4 is 12.0 Å². The highest BCUT2D eigenvalue weighted by molar-refractivity contribution is 5.85. The Labute approximate surface area is 75.5 Å². The molecule has 0 unspecified atom stereocenters. The molecular formula is C9H9NO3. The van der Waals surface area contributed by atoms with Gasteiger partial charge in [0.1, 0.15) is 5.75 Å². The van der Waals surface area contributed by atoms with Crippen molar-refractivity contribution in [3.05, 3.63) is 30.1 Å². The number of carbonyl (C=O) groups is 1. The number of rotatable bonds is 3. The summed E-state index contributed by atoms with van der Waals surface area (Å²) in [7, 11) is 1.52. The highest BCUT2D eigenvalue weighted by Gasteiger charge is 1.97. The molecule has 0 radical (unpaired) electrons. The normalized spacial score (nSPS) is 10.2. The molecular weight excluding hydrogens is 170 g/mol. The molecule has 0 spiro atoms. The molecule has 0 bridgehead atoms. The van der Waals surface area contributed by atoms with E-state index in [-0.39, 0.29) is 0 Å². The molecule has 0 aliphatic rings. The van der Waals surface area contributed by atoms with Crippen molar-refractivity contribution in [3.63, 3.8) is 0 Å². The monoisotopic (exact) mass is 179 g/mol. The van der Waals surface area contributed by atoms with Gasteiger partial charge in [-0.05, 0) is 12.1 Å². The van der Waals surface area contributed by atoms with Crippen LogP contribution >= 0.6 is 0 Å². The second kappa shape index (κ2) is 4.25. The molecule has 1 N–H and O–H groups in total. The Bertz CT molecular complexity index is 333. The van der Waals surface area contributed by atoms with E-state index >= 15 is 0 Å². The molecule has 0 saturated carbocycles. The Morgan fingerprint density at radius 3 is 3.08 bits per heavy atom. The molecule has 0 fully saturated rings. The third-order valence-electron chi connectivity index (χ3n) is 1.44. The Balaban J connectivity index is 2.93. The SMILES string of the molecule is COc1ccncc1/C=C/C(=O)O. The average molecular weight is 179 g/mol. The predicted molar refractivity (Wildman–Crippen MR) is 47.5 cm³/mol. The lowest BCUT2D eigenvalue weighted by atomic mass is 10.2. The van der Waals surface area contributed by atoms with Crippen LogP contribution < -0.4 is 4.74 Å². The summed E-state index contributed by atoms with van der Waals surface area (Å²) < 4.78 is 4.99. The number of aromatic nitrogens is 1. The zero-order valence-corrected chi connectivity index (χ0v) is 7.10. The highest BCUT2D eigenvalue weighted by atomic mass is 16.5. The molecule has 1 heterocycles. The molecule has 4 nitrogen and oxygen atoms in total. The maximum absolute atomic E-state index is 10.2. The van der Waals surface area contributed by atoms with Crippen LogP contribution in [0.5, 0.6) is 5.75 Å². The van der Waals surface area contributed by atoms with E-state index in [9.17, 15) is 4.79 Å². The predicted octanol–water partition coefficient (Wildman–Crippen LogP) is 1.19. The van der Waals surface area contributed by atoms with Gasteiger partial charge in [-0.3, -0.25) is 4.98 Å². The van der Waals surface area contributed by atoms with Crippen LogP contribution in [0.25, 0.3) is 6.08 Å². The average Bonchev–Trinajstić information content (AvgIpc) is 2.15. The first kappa shape index (κ1) is 9.25. The standard InChI is InChI=1S/C9H9NO3/c1-13-8-4-5-10-6-7(8)2-3-9(11)12/h2-6H,1H3,(H,11,12)/b3-2+. The summed E-state index contributed by atoms with van der Waals surface area (Å²) in [6.45, 7) is 0. The van der Waals surface area contributed by atoms with E-state index in [0.29, 0.717) is 11.3 Å². The fourth-order valence-electron chi connectivity index (χ4n) is 0.866. The zero-order valence-electron chi connectivity index (χ0n) is 7.10. The quantitative estimate of drug-likeness (QED) is 0.708. The molecule has 0 saturated heterocycles. The minimum Gasteiger partial charge on any atom is -0.496 e. The summed E-state index contributed by atoms with van der Waals surface area (Å²) in [5, 5.41) is 8.39. The molecule has 0 amide bonds. The minimum absolute atomic E-state index is 0.604. The van der Waals surface area contributed by atoms with E-state index in [0.717, 1.165) is 6.08 Å². The summed E-state index contributed by atoms with van der Waals surface area (Å²) in [4.78, 5) is 14.1. The van der Waals surface area contributed by atoms with Gasteiger partial charge in [-0.1, -0.05) is 0 Å². The summed E-state index contributed by atoms with van der Waals surface area (Å²) in [6.07, 6.45) is 5.60. The lowest BCUT2D eigenvalue weighted by Crippen LogP contribution is -1.89. The molecule has 0 aliphatic carbocycles. The van der Waals surface area contributed by atoms with Gasteiger partial charge in [-0.2, -0.15) is 0 Å². The number of nitrogens with zero attached hydrogens (tertiary/aromatic N) is 1. The molecule has 4 heteroatoms. The van der Waals surface area contributed by atoms with Gasteiger partial charge < -0.3 is 9.84 Å². The van der Waals surface area contributed by atoms with Gasteiger partial charge in [0.15, 0.2) is 0 Å². The molecule has 1 rings (SSSR count). The smallest absolute Gasteiger partial charge is 0.328 e. The van der Waals surface area contributed by atoms with Crippen LogP contribution in [0.15, 0.2) is 24.5 Å². The van der Waals surface area contributed by atoms with Crippen molar-refractivity contribution < 1.29 is 14.6 Å². The number of carboxylic acids is 1.